The van der Waals surface area contributed by atoms with Crippen molar-refractivity contribution in [2.45, 2.75) is 31.7 Å². The van der Waals surface area contributed by atoms with E-state index in [4.69, 9.17) is 4.74 Å². The summed E-state index contributed by atoms with van der Waals surface area (Å²) in [4.78, 5) is 13.5. The Labute approximate surface area is 96.9 Å². The van der Waals surface area contributed by atoms with Crippen molar-refractivity contribution in [1.29, 1.82) is 0 Å². The van der Waals surface area contributed by atoms with E-state index in [-0.39, 0.29) is 5.97 Å². The molecule has 0 amide bonds. The van der Waals surface area contributed by atoms with Crippen LogP contribution in [0.25, 0.3) is 0 Å². The molecule has 1 heterocycles. The molecular formula is C12H21NO3. The number of hydrogen-bond donors (Lipinski definition) is 0. The van der Waals surface area contributed by atoms with Gasteiger partial charge in [0.1, 0.15) is 0 Å². The van der Waals surface area contributed by atoms with Crippen molar-refractivity contribution >= 4 is 5.97 Å². The number of carbonyl (C=O) groups excluding carboxylic acids is 1. The van der Waals surface area contributed by atoms with Gasteiger partial charge in [0.25, 0.3) is 0 Å². The molecule has 0 N–H and O–H groups in total. The summed E-state index contributed by atoms with van der Waals surface area (Å²) in [7, 11) is 1.45. The van der Waals surface area contributed by atoms with Gasteiger partial charge in [-0.25, -0.2) is 0 Å². The van der Waals surface area contributed by atoms with Gasteiger partial charge in [0.2, 0.25) is 0 Å². The largest absolute Gasteiger partial charge is 0.469 e. The van der Waals surface area contributed by atoms with E-state index >= 15 is 0 Å². The number of esters is 1. The van der Waals surface area contributed by atoms with Crippen LogP contribution in [0.4, 0.5) is 0 Å². The zero-order chi connectivity index (χ0) is 11.4. The standard InChI is InChI=1S/C12H21NO3/c1-15-12(14)3-2-6-13-7-8-16-9-11(13)10-4-5-10/h10-11H,2-9H2,1H3/t11-/m0/s1. The number of nitrogens with zero attached hydrogens (tertiary/aromatic N) is 1. The number of methoxy groups -OCH3 is 1. The number of morpholine rings is 1. The third kappa shape index (κ3) is 3.19. The van der Waals surface area contributed by atoms with Crippen LogP contribution >= 0.6 is 0 Å². The maximum Gasteiger partial charge on any atom is 0.305 e. The lowest BCUT2D eigenvalue weighted by atomic mass is 10.1. The van der Waals surface area contributed by atoms with Crippen LogP contribution in [0, 0.1) is 5.92 Å². The van der Waals surface area contributed by atoms with Crippen LogP contribution in [0.2, 0.25) is 0 Å². The molecule has 2 fully saturated rings. The van der Waals surface area contributed by atoms with Gasteiger partial charge < -0.3 is 9.47 Å². The van der Waals surface area contributed by atoms with E-state index in [1.807, 2.05) is 0 Å². The Hall–Kier alpha value is -0.610. The second-order valence-corrected chi connectivity index (χ2v) is 4.70. The van der Waals surface area contributed by atoms with Crippen molar-refractivity contribution in [1.82, 2.24) is 4.90 Å². The van der Waals surface area contributed by atoms with E-state index < -0.39 is 0 Å². The first-order valence-electron chi connectivity index (χ1n) is 6.20. The Morgan fingerprint density at radius 3 is 3.00 bits per heavy atom. The molecule has 4 nitrogen and oxygen atoms in total. The molecule has 1 saturated carbocycles. The normalized spacial score (nSPS) is 26.7. The predicted octanol–water partition coefficient (Wildman–Crippen LogP) is 1.05. The molecule has 0 aromatic rings. The highest BCUT2D eigenvalue weighted by Gasteiger charge is 2.36. The zero-order valence-corrected chi connectivity index (χ0v) is 9.98. The third-order valence-corrected chi connectivity index (χ3v) is 3.50. The van der Waals surface area contributed by atoms with E-state index in [1.165, 1.54) is 20.0 Å². The minimum absolute atomic E-state index is 0.101. The lowest BCUT2D eigenvalue weighted by Crippen LogP contribution is -2.47. The summed E-state index contributed by atoms with van der Waals surface area (Å²) in [6, 6.07) is 0.603. The lowest BCUT2D eigenvalue weighted by molar-refractivity contribution is -0.140. The van der Waals surface area contributed by atoms with Gasteiger partial charge in [0.15, 0.2) is 0 Å². The van der Waals surface area contributed by atoms with Crippen LogP contribution in [-0.4, -0.2) is 50.3 Å². The summed E-state index contributed by atoms with van der Waals surface area (Å²) in [6.07, 6.45) is 4.13. The van der Waals surface area contributed by atoms with Gasteiger partial charge in [-0.2, -0.15) is 0 Å². The average molecular weight is 227 g/mol. The Morgan fingerprint density at radius 1 is 1.50 bits per heavy atom. The van der Waals surface area contributed by atoms with Gasteiger partial charge in [0.05, 0.1) is 20.3 Å². The minimum atomic E-state index is -0.101. The maximum atomic E-state index is 11.0. The van der Waals surface area contributed by atoms with Gasteiger partial charge in [-0.1, -0.05) is 0 Å². The summed E-state index contributed by atoms with van der Waals surface area (Å²) < 4.78 is 10.2. The van der Waals surface area contributed by atoms with Crippen molar-refractivity contribution in [3.05, 3.63) is 0 Å². The highest BCUT2D eigenvalue weighted by Crippen LogP contribution is 2.36. The van der Waals surface area contributed by atoms with Gasteiger partial charge in [-0.15, -0.1) is 0 Å². The zero-order valence-electron chi connectivity index (χ0n) is 9.98. The van der Waals surface area contributed by atoms with Crippen molar-refractivity contribution < 1.29 is 14.3 Å². The van der Waals surface area contributed by atoms with Gasteiger partial charge in [-0.05, 0) is 31.7 Å². The van der Waals surface area contributed by atoms with E-state index in [9.17, 15) is 4.79 Å². The molecule has 2 rings (SSSR count). The van der Waals surface area contributed by atoms with Crippen LogP contribution in [0.1, 0.15) is 25.7 Å². The van der Waals surface area contributed by atoms with E-state index in [1.54, 1.807) is 0 Å². The number of rotatable bonds is 5. The van der Waals surface area contributed by atoms with E-state index in [2.05, 4.69) is 9.64 Å². The lowest BCUT2D eigenvalue weighted by Gasteiger charge is -2.35. The molecule has 1 atom stereocenters. The molecule has 92 valence electrons. The van der Waals surface area contributed by atoms with Gasteiger partial charge >= 0.3 is 5.97 Å². The van der Waals surface area contributed by atoms with Crippen LogP contribution in [0.15, 0.2) is 0 Å². The molecule has 1 aliphatic carbocycles. The Balaban J connectivity index is 1.71. The number of carbonyl (C=O) groups is 1. The van der Waals surface area contributed by atoms with Crippen molar-refractivity contribution in [2.75, 3.05) is 33.4 Å². The first-order valence-corrected chi connectivity index (χ1v) is 6.20. The maximum absolute atomic E-state index is 11.0. The Bertz CT molecular complexity index is 240. The average Bonchev–Trinajstić information content (AvgIpc) is 3.13. The molecule has 2 aliphatic rings. The fraction of sp³-hybridized carbons (Fsp3) is 0.917. The fourth-order valence-corrected chi connectivity index (χ4v) is 2.38. The molecule has 1 aliphatic heterocycles. The number of hydrogen-bond acceptors (Lipinski definition) is 4. The third-order valence-electron chi connectivity index (χ3n) is 3.50. The molecule has 0 radical (unpaired) electrons. The quantitative estimate of drug-likeness (QED) is 0.658. The Kier molecular flexibility index (Phi) is 4.18. The fourth-order valence-electron chi connectivity index (χ4n) is 2.38. The second-order valence-electron chi connectivity index (χ2n) is 4.70. The Morgan fingerprint density at radius 2 is 2.31 bits per heavy atom. The molecule has 1 saturated heterocycles. The smallest absolute Gasteiger partial charge is 0.305 e. The summed E-state index contributed by atoms with van der Waals surface area (Å²) in [5.41, 5.74) is 0. The second kappa shape index (κ2) is 5.64. The SMILES string of the molecule is COC(=O)CCCN1CCOC[C@H]1C1CC1. The summed E-state index contributed by atoms with van der Waals surface area (Å²) in [5.74, 6) is 0.745. The first kappa shape index (κ1) is 11.9. The monoisotopic (exact) mass is 227 g/mol. The molecule has 0 spiro atoms. The highest BCUT2D eigenvalue weighted by molar-refractivity contribution is 5.69. The molecule has 0 aromatic heterocycles. The van der Waals surface area contributed by atoms with E-state index in [0.717, 1.165) is 38.6 Å². The minimum Gasteiger partial charge on any atom is -0.469 e. The van der Waals surface area contributed by atoms with Crippen LogP contribution < -0.4 is 0 Å². The molecule has 0 unspecified atom stereocenters. The van der Waals surface area contributed by atoms with Crippen LogP contribution in [0.3, 0.4) is 0 Å². The van der Waals surface area contributed by atoms with Gasteiger partial charge in [-0.3, -0.25) is 9.69 Å². The van der Waals surface area contributed by atoms with Crippen LogP contribution in [-0.2, 0) is 14.3 Å². The molecule has 16 heavy (non-hydrogen) atoms. The highest BCUT2D eigenvalue weighted by atomic mass is 16.5. The van der Waals surface area contributed by atoms with E-state index in [0.29, 0.717) is 12.5 Å². The molecule has 4 heteroatoms. The number of ether oxygens (including phenoxy) is 2. The summed E-state index contributed by atoms with van der Waals surface area (Å²) >= 11 is 0. The van der Waals surface area contributed by atoms with Crippen molar-refractivity contribution in [3.63, 3.8) is 0 Å². The predicted molar refractivity (Wildman–Crippen MR) is 60.2 cm³/mol. The molecule has 0 bridgehead atoms. The first-order chi connectivity index (χ1) is 7.81. The molecular weight excluding hydrogens is 206 g/mol. The summed E-state index contributed by atoms with van der Waals surface area (Å²) in [6.45, 7) is 3.73. The van der Waals surface area contributed by atoms with Crippen molar-refractivity contribution in [3.8, 4) is 0 Å². The topological polar surface area (TPSA) is 38.8 Å². The van der Waals surface area contributed by atoms with Gasteiger partial charge in [0, 0.05) is 19.0 Å². The van der Waals surface area contributed by atoms with Crippen molar-refractivity contribution in [2.24, 2.45) is 5.92 Å². The van der Waals surface area contributed by atoms with Crippen LogP contribution in [0.5, 0.6) is 0 Å². The molecule has 0 aromatic carbocycles. The summed E-state index contributed by atoms with van der Waals surface area (Å²) in [5, 5.41) is 0.